The number of carbonyl (C=O) groups excluding carboxylic acids is 1. The summed E-state index contributed by atoms with van der Waals surface area (Å²) in [6.45, 7) is 0.864. The number of halogens is 2. The molecular weight excluding hydrogens is 271 g/mol. The summed E-state index contributed by atoms with van der Waals surface area (Å²) in [4.78, 5) is 11.6. The van der Waals surface area contributed by atoms with Gasteiger partial charge in [-0.25, -0.2) is 4.39 Å². The van der Waals surface area contributed by atoms with E-state index >= 15 is 0 Å². The molecule has 104 valence electrons. The molecule has 4 nitrogen and oxygen atoms in total. The van der Waals surface area contributed by atoms with Crippen LogP contribution in [0.1, 0.15) is 15.9 Å². The van der Waals surface area contributed by atoms with Crippen LogP contribution in [0.3, 0.4) is 0 Å². The van der Waals surface area contributed by atoms with E-state index in [-0.39, 0.29) is 31.5 Å². The first kappa shape index (κ1) is 15.5. The monoisotopic (exact) mass is 286 g/mol. The van der Waals surface area contributed by atoms with E-state index in [0.29, 0.717) is 29.8 Å². The SMILES string of the molecule is Cl.NC/C(=C\F)COc1ccc2c(c1)C(=O)NCC2. The van der Waals surface area contributed by atoms with Crippen molar-refractivity contribution >= 4 is 18.3 Å². The molecule has 0 saturated heterocycles. The van der Waals surface area contributed by atoms with Crippen molar-refractivity contribution in [1.29, 1.82) is 0 Å². The first-order chi connectivity index (χ1) is 8.74. The molecule has 0 aliphatic carbocycles. The summed E-state index contributed by atoms with van der Waals surface area (Å²) in [5.41, 5.74) is 7.33. The van der Waals surface area contributed by atoms with E-state index in [1.54, 1.807) is 12.1 Å². The standard InChI is InChI=1S/C13H15FN2O2.ClH/c14-6-9(7-15)8-18-11-2-1-10-3-4-16-13(17)12(10)5-11;/h1-2,5-6H,3-4,7-8,15H2,(H,16,17);1H/b9-6+;. The van der Waals surface area contributed by atoms with Gasteiger partial charge in [-0.05, 0) is 24.1 Å². The van der Waals surface area contributed by atoms with Gasteiger partial charge < -0.3 is 15.8 Å². The first-order valence-electron chi connectivity index (χ1n) is 5.76. The molecule has 0 bridgehead atoms. The smallest absolute Gasteiger partial charge is 0.251 e. The van der Waals surface area contributed by atoms with Crippen LogP contribution >= 0.6 is 12.4 Å². The zero-order valence-electron chi connectivity index (χ0n) is 10.3. The number of nitrogens with two attached hydrogens (primary N) is 1. The van der Waals surface area contributed by atoms with Gasteiger partial charge in [-0.2, -0.15) is 0 Å². The zero-order chi connectivity index (χ0) is 13.0. The predicted octanol–water partition coefficient (Wildman–Crippen LogP) is 1.59. The van der Waals surface area contributed by atoms with E-state index in [0.717, 1.165) is 12.0 Å². The number of hydrogen-bond acceptors (Lipinski definition) is 3. The fourth-order valence-electron chi connectivity index (χ4n) is 1.79. The minimum atomic E-state index is -0.0956. The Hall–Kier alpha value is -1.59. The van der Waals surface area contributed by atoms with Gasteiger partial charge in [-0.3, -0.25) is 4.79 Å². The van der Waals surface area contributed by atoms with Gasteiger partial charge in [0.15, 0.2) is 0 Å². The average Bonchev–Trinajstić information content (AvgIpc) is 2.41. The average molecular weight is 287 g/mol. The van der Waals surface area contributed by atoms with Crippen LogP contribution in [0.25, 0.3) is 0 Å². The van der Waals surface area contributed by atoms with Crippen LogP contribution in [0, 0.1) is 0 Å². The second kappa shape index (κ2) is 7.11. The summed E-state index contributed by atoms with van der Waals surface area (Å²) in [7, 11) is 0. The van der Waals surface area contributed by atoms with Gasteiger partial charge in [0, 0.05) is 24.2 Å². The zero-order valence-corrected chi connectivity index (χ0v) is 11.1. The topological polar surface area (TPSA) is 64.3 Å². The minimum Gasteiger partial charge on any atom is -0.489 e. The number of carbonyl (C=O) groups is 1. The molecule has 0 spiro atoms. The van der Waals surface area contributed by atoms with Crippen LogP contribution in [-0.2, 0) is 6.42 Å². The summed E-state index contributed by atoms with van der Waals surface area (Å²) < 4.78 is 17.7. The lowest BCUT2D eigenvalue weighted by atomic mass is 10.0. The number of benzene rings is 1. The second-order valence-electron chi connectivity index (χ2n) is 4.09. The third-order valence-corrected chi connectivity index (χ3v) is 2.85. The van der Waals surface area contributed by atoms with Crippen molar-refractivity contribution in [2.24, 2.45) is 5.73 Å². The van der Waals surface area contributed by atoms with Crippen molar-refractivity contribution in [1.82, 2.24) is 5.32 Å². The van der Waals surface area contributed by atoms with Crippen LogP contribution in [0.5, 0.6) is 5.75 Å². The molecular formula is C13H16ClFN2O2. The quantitative estimate of drug-likeness (QED) is 0.883. The molecule has 19 heavy (non-hydrogen) atoms. The first-order valence-corrected chi connectivity index (χ1v) is 5.76. The highest BCUT2D eigenvalue weighted by Crippen LogP contribution is 2.21. The van der Waals surface area contributed by atoms with Crippen molar-refractivity contribution < 1.29 is 13.9 Å². The highest BCUT2D eigenvalue weighted by Gasteiger charge is 2.16. The molecule has 0 fully saturated rings. The summed E-state index contributed by atoms with van der Waals surface area (Å²) in [5, 5.41) is 2.77. The number of nitrogens with one attached hydrogen (secondary N) is 1. The Bertz CT molecular complexity index is 492. The summed E-state index contributed by atoms with van der Waals surface area (Å²) in [5.74, 6) is 0.445. The fraction of sp³-hybridized carbons (Fsp3) is 0.308. The third kappa shape index (κ3) is 3.68. The van der Waals surface area contributed by atoms with Crippen LogP contribution in [0.15, 0.2) is 30.1 Å². The van der Waals surface area contributed by atoms with Crippen LogP contribution in [0.2, 0.25) is 0 Å². The molecule has 1 heterocycles. The maximum atomic E-state index is 12.3. The van der Waals surface area contributed by atoms with E-state index in [1.807, 2.05) is 6.07 Å². The van der Waals surface area contributed by atoms with Crippen LogP contribution in [0.4, 0.5) is 4.39 Å². The molecule has 1 aliphatic heterocycles. The predicted molar refractivity (Wildman–Crippen MR) is 73.5 cm³/mol. The highest BCUT2D eigenvalue weighted by molar-refractivity contribution is 5.97. The summed E-state index contributed by atoms with van der Waals surface area (Å²) in [6.07, 6.45) is 1.27. The summed E-state index contributed by atoms with van der Waals surface area (Å²) >= 11 is 0. The van der Waals surface area contributed by atoms with Crippen LogP contribution < -0.4 is 15.8 Å². The number of ether oxygens (including phenoxy) is 1. The van der Waals surface area contributed by atoms with Gasteiger partial charge in [-0.1, -0.05) is 6.07 Å². The van der Waals surface area contributed by atoms with Crippen molar-refractivity contribution in [3.8, 4) is 5.75 Å². The van der Waals surface area contributed by atoms with Gasteiger partial charge in [0.05, 0.1) is 6.33 Å². The molecule has 1 amide bonds. The van der Waals surface area contributed by atoms with E-state index in [1.165, 1.54) is 0 Å². The lowest BCUT2D eigenvalue weighted by molar-refractivity contribution is 0.0945. The normalized spacial score (nSPS) is 14.2. The molecule has 1 aromatic carbocycles. The van der Waals surface area contributed by atoms with Crippen molar-refractivity contribution in [3.63, 3.8) is 0 Å². The van der Waals surface area contributed by atoms with Crippen molar-refractivity contribution in [2.75, 3.05) is 19.7 Å². The Balaban J connectivity index is 0.00000180. The fourth-order valence-corrected chi connectivity index (χ4v) is 1.79. The van der Waals surface area contributed by atoms with E-state index < -0.39 is 0 Å². The molecule has 0 saturated carbocycles. The molecule has 1 aliphatic rings. The Morgan fingerprint density at radius 2 is 2.32 bits per heavy atom. The lowest BCUT2D eigenvalue weighted by Crippen LogP contribution is -2.31. The van der Waals surface area contributed by atoms with Gasteiger partial charge in [-0.15, -0.1) is 12.4 Å². The largest absolute Gasteiger partial charge is 0.489 e. The van der Waals surface area contributed by atoms with Gasteiger partial charge in [0.2, 0.25) is 0 Å². The molecule has 3 N–H and O–H groups in total. The van der Waals surface area contributed by atoms with E-state index in [2.05, 4.69) is 5.32 Å². The number of rotatable bonds is 4. The molecule has 2 rings (SSSR count). The second-order valence-corrected chi connectivity index (χ2v) is 4.09. The molecule has 6 heteroatoms. The maximum Gasteiger partial charge on any atom is 0.251 e. The van der Waals surface area contributed by atoms with Gasteiger partial charge in [0.1, 0.15) is 12.4 Å². The Morgan fingerprint density at radius 3 is 3.00 bits per heavy atom. The molecule has 0 unspecified atom stereocenters. The molecule has 0 radical (unpaired) electrons. The minimum absolute atomic E-state index is 0. The summed E-state index contributed by atoms with van der Waals surface area (Å²) in [6, 6.07) is 5.32. The van der Waals surface area contributed by atoms with Gasteiger partial charge >= 0.3 is 0 Å². The van der Waals surface area contributed by atoms with Crippen LogP contribution in [-0.4, -0.2) is 25.6 Å². The number of amides is 1. The number of fused-ring (bicyclic) bond motifs is 1. The van der Waals surface area contributed by atoms with Crippen molar-refractivity contribution in [2.45, 2.75) is 6.42 Å². The molecule has 1 aromatic rings. The third-order valence-electron chi connectivity index (χ3n) is 2.85. The Kier molecular flexibility index (Phi) is 5.79. The Morgan fingerprint density at radius 1 is 1.53 bits per heavy atom. The Labute approximate surface area is 117 Å². The maximum absolute atomic E-state index is 12.3. The van der Waals surface area contributed by atoms with E-state index in [9.17, 15) is 9.18 Å². The van der Waals surface area contributed by atoms with Crippen molar-refractivity contribution in [3.05, 3.63) is 41.2 Å². The molecule has 0 aromatic heterocycles. The molecule has 0 atom stereocenters. The lowest BCUT2D eigenvalue weighted by Gasteiger charge is -2.17. The highest BCUT2D eigenvalue weighted by atomic mass is 35.5. The number of hydrogen-bond donors (Lipinski definition) is 2. The van der Waals surface area contributed by atoms with E-state index in [4.69, 9.17) is 10.5 Å². The van der Waals surface area contributed by atoms with Gasteiger partial charge in [0.25, 0.3) is 5.91 Å².